The fraction of sp³-hybridized carbons (Fsp3) is 0.300. The van der Waals surface area contributed by atoms with E-state index in [2.05, 4.69) is 10.9 Å². The van der Waals surface area contributed by atoms with E-state index >= 15 is 0 Å². The van der Waals surface area contributed by atoms with Crippen LogP contribution in [0.2, 0.25) is 0 Å². The first-order valence-corrected chi connectivity index (χ1v) is 4.07. The van der Waals surface area contributed by atoms with Gasteiger partial charge in [0.2, 0.25) is 0 Å². The molecule has 0 aliphatic heterocycles. The molecule has 0 aliphatic carbocycles. The molecule has 0 unspecified atom stereocenters. The van der Waals surface area contributed by atoms with Crippen LogP contribution in [-0.4, -0.2) is 18.6 Å². The minimum atomic E-state index is 0.520. The number of hydrogen-bond donors (Lipinski definition) is 1. The molecule has 0 spiro atoms. The minimum absolute atomic E-state index is 0.520. The third-order valence-electron chi connectivity index (χ3n) is 1.76. The molecule has 0 radical (unpaired) electrons. The molecule has 2 N–H and O–H groups in total. The van der Waals surface area contributed by atoms with E-state index in [1.165, 1.54) is 0 Å². The summed E-state index contributed by atoms with van der Waals surface area (Å²) in [7, 11) is 1.91. The van der Waals surface area contributed by atoms with Gasteiger partial charge in [-0.2, -0.15) is 0 Å². The van der Waals surface area contributed by atoms with E-state index in [9.17, 15) is 0 Å². The normalized spacial score (nSPS) is 9.31. The Morgan fingerprint density at radius 2 is 2.38 bits per heavy atom. The van der Waals surface area contributed by atoms with Crippen molar-refractivity contribution in [1.82, 2.24) is 4.98 Å². The average Bonchev–Trinajstić information content (AvgIpc) is 2.18. The van der Waals surface area contributed by atoms with E-state index in [0.717, 1.165) is 11.4 Å². The van der Waals surface area contributed by atoms with Gasteiger partial charge < -0.3 is 10.6 Å². The summed E-state index contributed by atoms with van der Waals surface area (Å²) >= 11 is 0. The number of rotatable bonds is 3. The summed E-state index contributed by atoms with van der Waals surface area (Å²) in [5.74, 6) is 3.43. The van der Waals surface area contributed by atoms with Crippen molar-refractivity contribution in [2.24, 2.45) is 5.73 Å². The second-order valence-electron chi connectivity index (χ2n) is 2.79. The zero-order valence-electron chi connectivity index (χ0n) is 7.70. The van der Waals surface area contributed by atoms with Crippen LogP contribution >= 0.6 is 0 Å². The second-order valence-corrected chi connectivity index (χ2v) is 2.79. The maximum atomic E-state index is 5.45. The lowest BCUT2D eigenvalue weighted by atomic mass is 10.3. The van der Waals surface area contributed by atoms with Gasteiger partial charge in [0.25, 0.3) is 0 Å². The van der Waals surface area contributed by atoms with Crippen molar-refractivity contribution in [3.05, 3.63) is 23.9 Å². The Morgan fingerprint density at radius 1 is 1.62 bits per heavy atom. The van der Waals surface area contributed by atoms with Crippen molar-refractivity contribution < 1.29 is 0 Å². The smallest absolute Gasteiger partial charge is 0.129 e. The maximum Gasteiger partial charge on any atom is 0.129 e. The first kappa shape index (κ1) is 9.56. The number of hydrogen-bond acceptors (Lipinski definition) is 3. The minimum Gasteiger partial charge on any atom is -0.349 e. The van der Waals surface area contributed by atoms with Crippen molar-refractivity contribution in [2.75, 3.05) is 18.5 Å². The first-order valence-electron chi connectivity index (χ1n) is 4.07. The van der Waals surface area contributed by atoms with Gasteiger partial charge in [0.1, 0.15) is 5.82 Å². The fourth-order valence-corrected chi connectivity index (χ4v) is 0.981. The molecule has 0 saturated heterocycles. The Kier molecular flexibility index (Phi) is 3.30. The summed E-state index contributed by atoms with van der Waals surface area (Å²) < 4.78 is 0. The number of terminal acetylenes is 1. The van der Waals surface area contributed by atoms with Gasteiger partial charge in [-0.25, -0.2) is 4.98 Å². The van der Waals surface area contributed by atoms with Crippen LogP contribution in [0.25, 0.3) is 0 Å². The molecule has 1 heterocycles. The molecule has 1 aromatic rings. The highest BCUT2D eigenvalue weighted by molar-refractivity contribution is 5.39. The molecule has 1 rings (SSSR count). The quantitative estimate of drug-likeness (QED) is 0.684. The number of nitrogens with zero attached hydrogens (tertiary/aromatic N) is 2. The number of aromatic nitrogens is 1. The molecule has 0 amide bonds. The summed E-state index contributed by atoms with van der Waals surface area (Å²) in [5, 5.41) is 0. The molecular weight excluding hydrogens is 162 g/mol. The van der Waals surface area contributed by atoms with Crippen molar-refractivity contribution in [2.45, 2.75) is 6.54 Å². The van der Waals surface area contributed by atoms with Crippen LogP contribution in [0.15, 0.2) is 18.3 Å². The molecule has 0 saturated carbocycles. The first-order chi connectivity index (χ1) is 6.27. The highest BCUT2D eigenvalue weighted by atomic mass is 15.1. The largest absolute Gasteiger partial charge is 0.349 e. The van der Waals surface area contributed by atoms with E-state index in [0.29, 0.717) is 13.1 Å². The van der Waals surface area contributed by atoms with E-state index in [-0.39, 0.29) is 0 Å². The number of pyridine rings is 1. The molecule has 0 atom stereocenters. The van der Waals surface area contributed by atoms with Crippen LogP contribution in [0, 0.1) is 12.3 Å². The topological polar surface area (TPSA) is 42.1 Å². The Labute approximate surface area is 78.6 Å². The highest BCUT2D eigenvalue weighted by Gasteiger charge is 1.99. The predicted molar refractivity (Wildman–Crippen MR) is 54.2 cm³/mol. The van der Waals surface area contributed by atoms with Gasteiger partial charge in [-0.05, 0) is 11.6 Å². The molecule has 0 fully saturated rings. The predicted octanol–water partition coefficient (Wildman–Crippen LogP) is 0.610. The van der Waals surface area contributed by atoms with Crippen LogP contribution in [0.4, 0.5) is 5.82 Å². The van der Waals surface area contributed by atoms with Crippen molar-refractivity contribution >= 4 is 5.82 Å². The van der Waals surface area contributed by atoms with Crippen molar-refractivity contribution in [3.63, 3.8) is 0 Å². The Bertz CT molecular complexity index is 297. The molecule has 1 aromatic heterocycles. The highest BCUT2D eigenvalue weighted by Crippen LogP contribution is 2.08. The molecule has 0 aromatic carbocycles. The van der Waals surface area contributed by atoms with Crippen LogP contribution in [0.5, 0.6) is 0 Å². The average molecular weight is 175 g/mol. The van der Waals surface area contributed by atoms with Gasteiger partial charge in [-0.3, -0.25) is 0 Å². The molecule has 13 heavy (non-hydrogen) atoms. The van der Waals surface area contributed by atoms with Crippen LogP contribution in [-0.2, 0) is 6.54 Å². The van der Waals surface area contributed by atoms with E-state index in [4.69, 9.17) is 12.2 Å². The fourth-order valence-electron chi connectivity index (χ4n) is 0.981. The van der Waals surface area contributed by atoms with Crippen molar-refractivity contribution in [3.8, 4) is 12.3 Å². The standard InChI is InChI=1S/C10H13N3/c1-3-6-13(2)10-5-4-9(7-11)8-12-10/h1,4-5,8H,6-7,11H2,2H3. The number of anilines is 1. The van der Waals surface area contributed by atoms with Crippen LogP contribution in [0.3, 0.4) is 0 Å². The molecule has 0 aliphatic rings. The van der Waals surface area contributed by atoms with E-state index < -0.39 is 0 Å². The molecule has 3 heteroatoms. The van der Waals surface area contributed by atoms with Gasteiger partial charge in [-0.1, -0.05) is 12.0 Å². The lowest BCUT2D eigenvalue weighted by Crippen LogP contribution is -2.18. The Morgan fingerprint density at radius 3 is 2.85 bits per heavy atom. The summed E-state index contributed by atoms with van der Waals surface area (Å²) in [6.45, 7) is 1.08. The van der Waals surface area contributed by atoms with Gasteiger partial charge >= 0.3 is 0 Å². The van der Waals surface area contributed by atoms with Crippen molar-refractivity contribution in [1.29, 1.82) is 0 Å². The van der Waals surface area contributed by atoms with E-state index in [1.54, 1.807) is 6.20 Å². The third kappa shape index (κ3) is 2.46. The molecule has 3 nitrogen and oxygen atoms in total. The SMILES string of the molecule is C#CCN(C)c1ccc(CN)cn1. The third-order valence-corrected chi connectivity index (χ3v) is 1.76. The lowest BCUT2D eigenvalue weighted by molar-refractivity contribution is 0.984. The number of nitrogens with two attached hydrogens (primary N) is 1. The van der Waals surface area contributed by atoms with Gasteiger partial charge in [-0.15, -0.1) is 6.42 Å². The summed E-state index contributed by atoms with van der Waals surface area (Å²) in [6.07, 6.45) is 6.95. The molecule has 68 valence electrons. The zero-order chi connectivity index (χ0) is 9.68. The molecule has 0 bridgehead atoms. The van der Waals surface area contributed by atoms with Crippen LogP contribution in [0.1, 0.15) is 5.56 Å². The van der Waals surface area contributed by atoms with Gasteiger partial charge in [0.15, 0.2) is 0 Å². The van der Waals surface area contributed by atoms with E-state index in [1.807, 2.05) is 24.1 Å². The lowest BCUT2D eigenvalue weighted by Gasteiger charge is -2.14. The van der Waals surface area contributed by atoms with Gasteiger partial charge in [0, 0.05) is 19.8 Å². The molecular formula is C10H13N3. The Balaban J connectivity index is 2.74. The second kappa shape index (κ2) is 4.48. The monoisotopic (exact) mass is 175 g/mol. The Hall–Kier alpha value is -1.53. The van der Waals surface area contributed by atoms with Crippen LogP contribution < -0.4 is 10.6 Å². The zero-order valence-corrected chi connectivity index (χ0v) is 7.70. The summed E-state index contributed by atoms with van der Waals surface area (Å²) in [5.41, 5.74) is 6.47. The summed E-state index contributed by atoms with van der Waals surface area (Å²) in [4.78, 5) is 6.12. The van der Waals surface area contributed by atoms with Gasteiger partial charge in [0.05, 0.1) is 6.54 Å². The maximum absolute atomic E-state index is 5.45. The summed E-state index contributed by atoms with van der Waals surface area (Å²) in [6, 6.07) is 3.87.